The van der Waals surface area contributed by atoms with Crippen LogP contribution in [0.15, 0.2) is 47.5 Å². The Morgan fingerprint density at radius 3 is 2.16 bits per heavy atom. The Hall–Kier alpha value is -2.87. The van der Waals surface area contributed by atoms with Gasteiger partial charge in [0.05, 0.1) is 25.5 Å². The van der Waals surface area contributed by atoms with E-state index in [1.165, 1.54) is 14.2 Å². The number of hydrogen-bond donors (Lipinski definition) is 0. The predicted molar refractivity (Wildman–Crippen MR) is 124 cm³/mol. The Morgan fingerprint density at radius 1 is 0.875 bits per heavy atom. The molecule has 0 aromatic heterocycles. The minimum absolute atomic E-state index is 0.108. The predicted octanol–water partition coefficient (Wildman–Crippen LogP) is 2.97. The van der Waals surface area contributed by atoms with Gasteiger partial charge in [0.15, 0.2) is 11.5 Å². The largest absolute Gasteiger partial charge is 0.493 e. The number of carbonyl (C=O) groups is 2. The van der Waals surface area contributed by atoms with Crippen LogP contribution in [0.4, 0.5) is 5.69 Å². The first kappa shape index (κ1) is 22.3. The molecule has 0 saturated carbocycles. The summed E-state index contributed by atoms with van der Waals surface area (Å²) in [5, 5.41) is -0.108. The molecule has 8 heteroatoms. The van der Waals surface area contributed by atoms with Gasteiger partial charge in [-0.15, -0.1) is 0 Å². The van der Waals surface area contributed by atoms with Crippen LogP contribution in [0, 0.1) is 0 Å². The molecule has 2 aromatic carbocycles. The zero-order valence-corrected chi connectivity index (χ0v) is 19.2. The van der Waals surface area contributed by atoms with Gasteiger partial charge in [0.25, 0.3) is 11.8 Å². The minimum atomic E-state index is -0.534. The summed E-state index contributed by atoms with van der Waals surface area (Å²) in [6.45, 7) is 4.99. The normalized spacial score (nSPS) is 17.9. The van der Waals surface area contributed by atoms with Crippen LogP contribution in [0.25, 0.3) is 5.57 Å². The lowest BCUT2D eigenvalue weighted by molar-refractivity contribution is -0.119. The van der Waals surface area contributed by atoms with Crippen molar-refractivity contribution < 1.29 is 19.1 Å². The second-order valence-corrected chi connectivity index (χ2v) is 8.33. The molecule has 1 fully saturated rings. The Kier molecular flexibility index (Phi) is 6.50. The number of piperazine rings is 1. The fourth-order valence-electron chi connectivity index (χ4n) is 3.99. The fourth-order valence-corrected chi connectivity index (χ4v) is 4.27. The van der Waals surface area contributed by atoms with Gasteiger partial charge in [-0.05, 0) is 42.4 Å². The zero-order chi connectivity index (χ0) is 22.8. The van der Waals surface area contributed by atoms with Gasteiger partial charge in [-0.25, -0.2) is 4.90 Å². The number of benzene rings is 2. The molecule has 0 bridgehead atoms. The number of rotatable bonds is 6. The summed E-state index contributed by atoms with van der Waals surface area (Å²) in [4.78, 5) is 31.9. The van der Waals surface area contributed by atoms with Crippen LogP contribution in [0.1, 0.15) is 11.1 Å². The topological polar surface area (TPSA) is 62.3 Å². The van der Waals surface area contributed by atoms with E-state index < -0.39 is 11.8 Å². The number of anilines is 1. The molecular formula is C24H26ClN3O4. The second-order valence-electron chi connectivity index (χ2n) is 7.95. The molecule has 0 atom stereocenters. The summed E-state index contributed by atoms with van der Waals surface area (Å²) in [5.41, 5.74) is 2.28. The summed E-state index contributed by atoms with van der Waals surface area (Å²) >= 11 is 6.33. The summed E-state index contributed by atoms with van der Waals surface area (Å²) < 4.78 is 10.6. The van der Waals surface area contributed by atoms with Crippen molar-refractivity contribution in [2.45, 2.75) is 6.54 Å². The van der Waals surface area contributed by atoms with Gasteiger partial charge in [0.2, 0.25) is 0 Å². The number of amides is 2. The van der Waals surface area contributed by atoms with Gasteiger partial charge in [0, 0.05) is 32.7 Å². The van der Waals surface area contributed by atoms with E-state index in [9.17, 15) is 9.59 Å². The molecule has 0 aliphatic carbocycles. The fraction of sp³-hybridized carbons (Fsp3) is 0.333. The molecular weight excluding hydrogens is 430 g/mol. The highest BCUT2D eigenvalue weighted by molar-refractivity contribution is 6.60. The number of methoxy groups -OCH3 is 2. The van der Waals surface area contributed by atoms with Gasteiger partial charge in [-0.3, -0.25) is 14.5 Å². The summed E-state index contributed by atoms with van der Waals surface area (Å²) in [6.07, 6.45) is 0. The molecule has 1 saturated heterocycles. The molecule has 0 radical (unpaired) electrons. The average Bonchev–Trinajstić information content (AvgIpc) is 3.03. The van der Waals surface area contributed by atoms with Crippen molar-refractivity contribution in [2.24, 2.45) is 0 Å². The van der Waals surface area contributed by atoms with Gasteiger partial charge in [-0.1, -0.05) is 29.8 Å². The number of ether oxygens (including phenoxy) is 2. The minimum Gasteiger partial charge on any atom is -0.493 e. The molecule has 2 aliphatic rings. The van der Waals surface area contributed by atoms with Crippen molar-refractivity contribution >= 4 is 34.7 Å². The molecule has 0 N–H and O–H groups in total. The number of carbonyl (C=O) groups excluding carboxylic acids is 2. The SMILES string of the molecule is COc1ccc(C2=C(Cl)C(=O)N(c3ccc(CN4CCN(C)CC4)cc3)C2=O)cc1OC. The van der Waals surface area contributed by atoms with E-state index in [-0.39, 0.29) is 10.6 Å². The number of halogens is 1. The van der Waals surface area contributed by atoms with Crippen LogP contribution in [0.3, 0.4) is 0 Å². The molecule has 2 heterocycles. The molecule has 0 unspecified atom stereocenters. The maximum atomic E-state index is 13.2. The van der Waals surface area contributed by atoms with Crippen LogP contribution < -0.4 is 14.4 Å². The Morgan fingerprint density at radius 2 is 1.53 bits per heavy atom. The van der Waals surface area contributed by atoms with Crippen molar-refractivity contribution in [3.05, 3.63) is 58.6 Å². The third-order valence-electron chi connectivity index (χ3n) is 5.90. The van der Waals surface area contributed by atoms with Crippen LogP contribution in [-0.4, -0.2) is 69.1 Å². The van der Waals surface area contributed by atoms with Crippen LogP contribution in [-0.2, 0) is 16.1 Å². The lowest BCUT2D eigenvalue weighted by Gasteiger charge is -2.32. The summed E-state index contributed by atoms with van der Waals surface area (Å²) in [5.74, 6) is -0.0150. The van der Waals surface area contributed by atoms with E-state index in [0.717, 1.165) is 43.2 Å². The van der Waals surface area contributed by atoms with Gasteiger partial charge in [0.1, 0.15) is 5.03 Å². The van der Waals surface area contributed by atoms with E-state index >= 15 is 0 Å². The third-order valence-corrected chi connectivity index (χ3v) is 6.25. The van der Waals surface area contributed by atoms with Crippen molar-refractivity contribution in [1.29, 1.82) is 0 Å². The Labute approximate surface area is 192 Å². The zero-order valence-electron chi connectivity index (χ0n) is 18.4. The monoisotopic (exact) mass is 455 g/mol. The molecule has 7 nitrogen and oxygen atoms in total. The highest BCUT2D eigenvalue weighted by Gasteiger charge is 2.39. The quantitative estimate of drug-likeness (QED) is 0.624. The second kappa shape index (κ2) is 9.32. The van der Waals surface area contributed by atoms with E-state index in [1.807, 2.05) is 12.1 Å². The lowest BCUT2D eigenvalue weighted by atomic mass is 10.1. The average molecular weight is 456 g/mol. The van der Waals surface area contributed by atoms with Crippen LogP contribution in [0.2, 0.25) is 0 Å². The Bertz CT molecular complexity index is 1060. The van der Waals surface area contributed by atoms with Gasteiger partial charge in [-0.2, -0.15) is 0 Å². The maximum Gasteiger partial charge on any atom is 0.277 e. The van der Waals surface area contributed by atoms with Crippen LogP contribution in [0.5, 0.6) is 11.5 Å². The highest BCUT2D eigenvalue weighted by atomic mass is 35.5. The van der Waals surface area contributed by atoms with E-state index in [2.05, 4.69) is 16.8 Å². The van der Waals surface area contributed by atoms with E-state index in [1.54, 1.807) is 30.3 Å². The first-order valence-electron chi connectivity index (χ1n) is 10.4. The first-order valence-corrected chi connectivity index (χ1v) is 10.8. The third kappa shape index (κ3) is 4.24. The van der Waals surface area contributed by atoms with E-state index in [0.29, 0.717) is 22.7 Å². The molecule has 32 heavy (non-hydrogen) atoms. The number of imide groups is 1. The molecule has 2 aromatic rings. The van der Waals surface area contributed by atoms with E-state index in [4.69, 9.17) is 21.1 Å². The molecule has 2 aliphatic heterocycles. The summed E-state index contributed by atoms with van der Waals surface area (Å²) in [7, 11) is 5.17. The number of hydrogen-bond acceptors (Lipinski definition) is 6. The van der Waals surface area contributed by atoms with Crippen molar-refractivity contribution in [3.8, 4) is 11.5 Å². The molecule has 2 amide bonds. The molecule has 4 rings (SSSR count). The number of nitrogens with zero attached hydrogens (tertiary/aromatic N) is 3. The van der Waals surface area contributed by atoms with Gasteiger partial charge >= 0.3 is 0 Å². The van der Waals surface area contributed by atoms with Crippen molar-refractivity contribution in [3.63, 3.8) is 0 Å². The maximum absolute atomic E-state index is 13.2. The van der Waals surface area contributed by atoms with Crippen LogP contribution >= 0.6 is 11.6 Å². The number of likely N-dealkylation sites (N-methyl/N-ethyl adjacent to an activating group) is 1. The smallest absolute Gasteiger partial charge is 0.277 e. The molecule has 0 spiro atoms. The standard InChI is InChI=1S/C24H26ClN3O4/c1-26-10-12-27(13-11-26)15-16-4-7-18(8-5-16)28-23(29)21(22(25)24(28)30)17-6-9-19(31-2)20(14-17)32-3/h4-9,14H,10-13,15H2,1-3H3. The summed E-state index contributed by atoms with van der Waals surface area (Å²) in [6, 6.07) is 12.5. The lowest BCUT2D eigenvalue weighted by Crippen LogP contribution is -2.43. The molecule has 168 valence electrons. The van der Waals surface area contributed by atoms with Crippen molar-refractivity contribution in [2.75, 3.05) is 52.3 Å². The van der Waals surface area contributed by atoms with Crippen molar-refractivity contribution in [1.82, 2.24) is 9.80 Å². The highest BCUT2D eigenvalue weighted by Crippen LogP contribution is 2.38. The van der Waals surface area contributed by atoms with Gasteiger partial charge < -0.3 is 14.4 Å². The first-order chi connectivity index (χ1) is 15.4. The Balaban J connectivity index is 1.53.